The third-order valence-corrected chi connectivity index (χ3v) is 4.45. The van der Waals surface area contributed by atoms with Crippen molar-refractivity contribution in [2.75, 3.05) is 18.0 Å². The standard InChI is InChI=1S/C21H26N2O2/c1-15-9-10-20(13-17(15)3)23(18(4)24)12-11-22-21(25)14-19-8-6-5-7-16(19)2/h5-10,13H,11-12,14H2,1-4H3,(H,22,25). The summed E-state index contributed by atoms with van der Waals surface area (Å²) in [6, 6.07) is 13.8. The molecule has 4 nitrogen and oxygen atoms in total. The van der Waals surface area contributed by atoms with E-state index in [1.54, 1.807) is 11.8 Å². The molecule has 0 spiro atoms. The molecule has 132 valence electrons. The number of nitrogens with zero attached hydrogens (tertiary/aromatic N) is 1. The predicted octanol–water partition coefficient (Wildman–Crippen LogP) is 3.32. The van der Waals surface area contributed by atoms with Crippen molar-refractivity contribution in [2.24, 2.45) is 0 Å². The summed E-state index contributed by atoms with van der Waals surface area (Å²) in [7, 11) is 0. The molecule has 2 aromatic rings. The fraction of sp³-hybridized carbons (Fsp3) is 0.333. The van der Waals surface area contributed by atoms with Gasteiger partial charge in [0.05, 0.1) is 6.42 Å². The number of aryl methyl sites for hydroxylation is 3. The van der Waals surface area contributed by atoms with Crippen LogP contribution in [0.1, 0.15) is 29.2 Å². The molecule has 0 radical (unpaired) electrons. The fourth-order valence-electron chi connectivity index (χ4n) is 2.71. The monoisotopic (exact) mass is 338 g/mol. The molecule has 0 atom stereocenters. The van der Waals surface area contributed by atoms with E-state index in [-0.39, 0.29) is 11.8 Å². The SMILES string of the molecule is CC(=O)N(CCNC(=O)Cc1ccccc1C)c1ccc(C)c(C)c1. The number of amides is 2. The average molecular weight is 338 g/mol. The lowest BCUT2D eigenvalue weighted by atomic mass is 10.1. The van der Waals surface area contributed by atoms with Crippen LogP contribution in [0, 0.1) is 20.8 Å². The number of benzene rings is 2. The molecule has 2 aromatic carbocycles. The summed E-state index contributed by atoms with van der Waals surface area (Å²) in [6.07, 6.45) is 0.358. The van der Waals surface area contributed by atoms with Gasteiger partial charge in [-0.2, -0.15) is 0 Å². The van der Waals surface area contributed by atoms with Crippen molar-refractivity contribution >= 4 is 17.5 Å². The van der Waals surface area contributed by atoms with E-state index in [0.717, 1.165) is 22.4 Å². The molecule has 0 saturated heterocycles. The maximum absolute atomic E-state index is 12.1. The number of nitrogens with one attached hydrogen (secondary N) is 1. The summed E-state index contributed by atoms with van der Waals surface area (Å²) >= 11 is 0. The second kappa shape index (κ2) is 8.47. The second-order valence-electron chi connectivity index (χ2n) is 6.39. The van der Waals surface area contributed by atoms with E-state index in [4.69, 9.17) is 0 Å². The summed E-state index contributed by atoms with van der Waals surface area (Å²) in [5.41, 5.74) is 5.34. The Bertz CT molecular complexity index is 768. The first-order valence-electron chi connectivity index (χ1n) is 8.55. The Labute approximate surface area is 149 Å². The molecule has 2 amide bonds. The van der Waals surface area contributed by atoms with Crippen molar-refractivity contribution < 1.29 is 9.59 Å². The zero-order valence-corrected chi connectivity index (χ0v) is 15.4. The van der Waals surface area contributed by atoms with Crippen molar-refractivity contribution in [3.63, 3.8) is 0 Å². The van der Waals surface area contributed by atoms with Crippen LogP contribution in [-0.2, 0) is 16.0 Å². The van der Waals surface area contributed by atoms with Gasteiger partial charge in [0.25, 0.3) is 0 Å². The van der Waals surface area contributed by atoms with Crippen LogP contribution >= 0.6 is 0 Å². The second-order valence-corrected chi connectivity index (χ2v) is 6.39. The van der Waals surface area contributed by atoms with Gasteiger partial charge in [0.2, 0.25) is 11.8 Å². The Morgan fingerprint density at radius 3 is 2.32 bits per heavy atom. The molecule has 0 heterocycles. The van der Waals surface area contributed by atoms with Gasteiger partial charge in [-0.3, -0.25) is 9.59 Å². The zero-order valence-electron chi connectivity index (χ0n) is 15.4. The molecule has 0 fully saturated rings. The molecule has 0 unspecified atom stereocenters. The van der Waals surface area contributed by atoms with Gasteiger partial charge in [0.15, 0.2) is 0 Å². The van der Waals surface area contributed by atoms with Crippen LogP contribution in [0.2, 0.25) is 0 Å². The topological polar surface area (TPSA) is 49.4 Å². The quantitative estimate of drug-likeness (QED) is 0.878. The first-order valence-corrected chi connectivity index (χ1v) is 8.55. The highest BCUT2D eigenvalue weighted by atomic mass is 16.2. The molecule has 0 aliphatic rings. The number of rotatable bonds is 6. The molecular weight excluding hydrogens is 312 g/mol. The Balaban J connectivity index is 1.93. The van der Waals surface area contributed by atoms with Crippen molar-refractivity contribution in [2.45, 2.75) is 34.1 Å². The lowest BCUT2D eigenvalue weighted by molar-refractivity contribution is -0.121. The van der Waals surface area contributed by atoms with Crippen molar-refractivity contribution in [1.29, 1.82) is 0 Å². The first kappa shape index (κ1) is 18.7. The van der Waals surface area contributed by atoms with Gasteiger partial charge in [0.1, 0.15) is 0 Å². The largest absolute Gasteiger partial charge is 0.354 e. The summed E-state index contributed by atoms with van der Waals surface area (Å²) in [6.45, 7) is 8.50. The van der Waals surface area contributed by atoms with Crippen molar-refractivity contribution in [3.05, 3.63) is 64.7 Å². The highest BCUT2D eigenvalue weighted by Crippen LogP contribution is 2.18. The fourth-order valence-corrected chi connectivity index (χ4v) is 2.71. The molecule has 2 rings (SSSR count). The minimum absolute atomic E-state index is 0.0297. The minimum Gasteiger partial charge on any atom is -0.354 e. The van der Waals surface area contributed by atoms with Crippen molar-refractivity contribution in [1.82, 2.24) is 5.32 Å². The third kappa shape index (κ3) is 5.18. The van der Waals surface area contributed by atoms with Crippen molar-refractivity contribution in [3.8, 4) is 0 Å². The Morgan fingerprint density at radius 2 is 1.68 bits per heavy atom. The van der Waals surface area contributed by atoms with Gasteiger partial charge < -0.3 is 10.2 Å². The van der Waals surface area contributed by atoms with Crippen LogP contribution in [0.25, 0.3) is 0 Å². The molecule has 0 aromatic heterocycles. The number of anilines is 1. The molecule has 4 heteroatoms. The van der Waals surface area contributed by atoms with Gasteiger partial charge in [0, 0.05) is 25.7 Å². The van der Waals surface area contributed by atoms with Crippen LogP contribution in [0.5, 0.6) is 0 Å². The molecule has 1 N–H and O–H groups in total. The van der Waals surface area contributed by atoms with Gasteiger partial charge in [-0.15, -0.1) is 0 Å². The van der Waals surface area contributed by atoms with E-state index in [0.29, 0.717) is 19.5 Å². The maximum atomic E-state index is 12.1. The van der Waals surface area contributed by atoms with E-state index < -0.39 is 0 Å². The van der Waals surface area contributed by atoms with Crippen LogP contribution in [0.3, 0.4) is 0 Å². The number of carbonyl (C=O) groups excluding carboxylic acids is 2. The summed E-state index contributed by atoms with van der Waals surface area (Å²) in [4.78, 5) is 25.8. The maximum Gasteiger partial charge on any atom is 0.224 e. The number of hydrogen-bond acceptors (Lipinski definition) is 2. The third-order valence-electron chi connectivity index (χ3n) is 4.45. The average Bonchev–Trinajstić information content (AvgIpc) is 2.56. The summed E-state index contributed by atoms with van der Waals surface area (Å²) in [5, 5.41) is 2.91. The van der Waals surface area contributed by atoms with E-state index >= 15 is 0 Å². The smallest absolute Gasteiger partial charge is 0.224 e. The van der Waals surface area contributed by atoms with Gasteiger partial charge in [-0.1, -0.05) is 30.3 Å². The normalized spacial score (nSPS) is 10.4. The van der Waals surface area contributed by atoms with E-state index in [2.05, 4.69) is 5.32 Å². The van der Waals surface area contributed by atoms with Gasteiger partial charge in [-0.05, 0) is 55.2 Å². The van der Waals surface area contributed by atoms with Crippen LogP contribution in [0.4, 0.5) is 5.69 Å². The number of carbonyl (C=O) groups is 2. The Hall–Kier alpha value is -2.62. The summed E-state index contributed by atoms with van der Waals surface area (Å²) in [5.74, 6) is -0.0608. The predicted molar refractivity (Wildman–Crippen MR) is 102 cm³/mol. The highest BCUT2D eigenvalue weighted by molar-refractivity contribution is 5.91. The summed E-state index contributed by atoms with van der Waals surface area (Å²) < 4.78 is 0. The molecule has 0 bridgehead atoms. The van der Waals surface area contributed by atoms with Crippen LogP contribution in [0.15, 0.2) is 42.5 Å². The number of hydrogen-bond donors (Lipinski definition) is 1. The van der Waals surface area contributed by atoms with E-state index in [9.17, 15) is 9.59 Å². The first-order chi connectivity index (χ1) is 11.9. The molecule has 0 saturated carbocycles. The minimum atomic E-state index is -0.0311. The van der Waals surface area contributed by atoms with Crippen LogP contribution < -0.4 is 10.2 Å². The zero-order chi connectivity index (χ0) is 18.4. The van der Waals surface area contributed by atoms with Crippen LogP contribution in [-0.4, -0.2) is 24.9 Å². The molecule has 0 aliphatic carbocycles. The molecule has 0 aliphatic heterocycles. The lowest BCUT2D eigenvalue weighted by Crippen LogP contribution is -2.38. The molecule has 25 heavy (non-hydrogen) atoms. The Morgan fingerprint density at radius 1 is 0.960 bits per heavy atom. The van der Waals surface area contributed by atoms with Gasteiger partial charge >= 0.3 is 0 Å². The van der Waals surface area contributed by atoms with E-state index in [1.807, 2.05) is 63.2 Å². The van der Waals surface area contributed by atoms with E-state index in [1.165, 1.54) is 5.56 Å². The lowest BCUT2D eigenvalue weighted by Gasteiger charge is -2.22. The molecular formula is C21H26N2O2. The highest BCUT2D eigenvalue weighted by Gasteiger charge is 2.13. The Kier molecular flexibility index (Phi) is 6.34. The van der Waals surface area contributed by atoms with Gasteiger partial charge in [-0.25, -0.2) is 0 Å².